The molecule has 2 aliphatic rings. The molecular weight excluding hydrogens is 288 g/mol. The molecule has 2 saturated carbocycles. The number of alkyl carbamates (subject to hydrolysis) is 1. The third-order valence-corrected chi connectivity index (χ3v) is 6.05. The highest BCUT2D eigenvalue weighted by Gasteiger charge is 2.58. The standard InChI is InChI=1S/C19H36N2O2/c1-8-14(21-16(22)23-17(2,3)4)12-20-15-18(5,6)13-9-10-19(15,7)11-13/h13-15,20H,8-12H2,1-7H3,(H,21,22)/t13-,14?,15?,19+/m0/s1. The Bertz CT molecular complexity index is 436. The largest absolute Gasteiger partial charge is 0.444 e. The van der Waals surface area contributed by atoms with E-state index in [4.69, 9.17) is 4.74 Å². The van der Waals surface area contributed by atoms with Crippen LogP contribution in [-0.4, -0.2) is 30.3 Å². The SMILES string of the molecule is CCC(CNC1C(C)(C)[C@H]2CC[C@]1(C)C2)NC(=O)OC(C)(C)C. The maximum absolute atomic E-state index is 12.0. The van der Waals surface area contributed by atoms with E-state index >= 15 is 0 Å². The van der Waals surface area contributed by atoms with Crippen LogP contribution in [0, 0.1) is 16.7 Å². The normalized spacial score (nSPS) is 33.5. The molecule has 0 aromatic rings. The van der Waals surface area contributed by atoms with E-state index < -0.39 is 5.60 Å². The van der Waals surface area contributed by atoms with Crippen LogP contribution < -0.4 is 10.6 Å². The third-order valence-electron chi connectivity index (χ3n) is 6.05. The summed E-state index contributed by atoms with van der Waals surface area (Å²) >= 11 is 0. The Morgan fingerprint density at radius 1 is 1.30 bits per heavy atom. The Hall–Kier alpha value is -0.770. The van der Waals surface area contributed by atoms with E-state index in [2.05, 4.69) is 38.3 Å². The first-order valence-corrected chi connectivity index (χ1v) is 9.21. The van der Waals surface area contributed by atoms with E-state index in [0.717, 1.165) is 18.9 Å². The molecule has 0 heterocycles. The summed E-state index contributed by atoms with van der Waals surface area (Å²) in [5, 5.41) is 6.80. The van der Waals surface area contributed by atoms with Gasteiger partial charge in [-0.25, -0.2) is 4.79 Å². The fraction of sp³-hybridized carbons (Fsp3) is 0.947. The quantitative estimate of drug-likeness (QED) is 0.800. The van der Waals surface area contributed by atoms with Crippen molar-refractivity contribution < 1.29 is 9.53 Å². The molecule has 4 nitrogen and oxygen atoms in total. The molecule has 0 spiro atoms. The van der Waals surface area contributed by atoms with Gasteiger partial charge in [-0.05, 0) is 63.2 Å². The zero-order valence-corrected chi connectivity index (χ0v) is 16.1. The summed E-state index contributed by atoms with van der Waals surface area (Å²) in [6, 6.07) is 0.645. The number of hydrogen-bond acceptors (Lipinski definition) is 3. The van der Waals surface area contributed by atoms with Gasteiger partial charge in [0, 0.05) is 18.6 Å². The molecule has 2 bridgehead atoms. The Labute approximate surface area is 142 Å². The summed E-state index contributed by atoms with van der Waals surface area (Å²) in [5.41, 5.74) is 0.311. The van der Waals surface area contributed by atoms with Gasteiger partial charge >= 0.3 is 6.09 Å². The Morgan fingerprint density at radius 2 is 1.96 bits per heavy atom. The van der Waals surface area contributed by atoms with Crippen LogP contribution in [-0.2, 0) is 4.74 Å². The number of amides is 1. The molecule has 134 valence electrons. The zero-order valence-electron chi connectivity index (χ0n) is 16.1. The zero-order chi connectivity index (χ0) is 17.5. The van der Waals surface area contributed by atoms with Crippen molar-refractivity contribution in [3.8, 4) is 0 Å². The van der Waals surface area contributed by atoms with Crippen molar-refractivity contribution in [2.45, 2.75) is 91.8 Å². The molecule has 0 radical (unpaired) electrons. The molecule has 1 amide bonds. The average molecular weight is 325 g/mol. The molecule has 2 N–H and O–H groups in total. The van der Waals surface area contributed by atoms with Gasteiger partial charge in [0.15, 0.2) is 0 Å². The first-order valence-electron chi connectivity index (χ1n) is 9.21. The van der Waals surface area contributed by atoms with Crippen molar-refractivity contribution in [1.82, 2.24) is 10.6 Å². The highest BCUT2D eigenvalue weighted by molar-refractivity contribution is 5.68. The van der Waals surface area contributed by atoms with Crippen LogP contribution >= 0.6 is 0 Å². The lowest BCUT2D eigenvalue weighted by molar-refractivity contribution is 0.0494. The predicted octanol–water partition coefficient (Wildman–Crippen LogP) is 4.09. The van der Waals surface area contributed by atoms with Crippen LogP contribution in [0.3, 0.4) is 0 Å². The number of nitrogens with one attached hydrogen (secondary N) is 2. The van der Waals surface area contributed by atoms with Gasteiger partial charge in [0.05, 0.1) is 0 Å². The lowest BCUT2D eigenvalue weighted by Gasteiger charge is -2.44. The van der Waals surface area contributed by atoms with Crippen molar-refractivity contribution in [2.75, 3.05) is 6.54 Å². The average Bonchev–Trinajstić information content (AvgIpc) is 2.85. The smallest absolute Gasteiger partial charge is 0.407 e. The number of hydrogen-bond donors (Lipinski definition) is 2. The van der Waals surface area contributed by atoms with Crippen LogP contribution in [0.4, 0.5) is 4.79 Å². The number of carbonyl (C=O) groups is 1. The van der Waals surface area contributed by atoms with Gasteiger partial charge in [-0.15, -0.1) is 0 Å². The predicted molar refractivity (Wildman–Crippen MR) is 94.5 cm³/mol. The Balaban J connectivity index is 1.89. The van der Waals surface area contributed by atoms with Crippen LogP contribution in [0.1, 0.15) is 74.1 Å². The molecule has 2 fully saturated rings. The van der Waals surface area contributed by atoms with Crippen LogP contribution in [0.2, 0.25) is 0 Å². The molecule has 2 aliphatic carbocycles. The van der Waals surface area contributed by atoms with Crippen molar-refractivity contribution in [1.29, 1.82) is 0 Å². The van der Waals surface area contributed by atoms with E-state index in [1.54, 1.807) is 0 Å². The molecule has 2 unspecified atom stereocenters. The maximum atomic E-state index is 12.0. The van der Waals surface area contributed by atoms with Gasteiger partial charge in [-0.3, -0.25) is 0 Å². The van der Waals surface area contributed by atoms with Crippen molar-refractivity contribution in [2.24, 2.45) is 16.7 Å². The topological polar surface area (TPSA) is 50.4 Å². The molecule has 0 aliphatic heterocycles. The number of fused-ring (bicyclic) bond motifs is 2. The molecular formula is C19H36N2O2. The van der Waals surface area contributed by atoms with Crippen molar-refractivity contribution in [3.63, 3.8) is 0 Å². The molecule has 0 aromatic heterocycles. The minimum Gasteiger partial charge on any atom is -0.444 e. The van der Waals surface area contributed by atoms with E-state index in [1.165, 1.54) is 19.3 Å². The van der Waals surface area contributed by atoms with Gasteiger partial charge < -0.3 is 15.4 Å². The van der Waals surface area contributed by atoms with Gasteiger partial charge in [0.1, 0.15) is 5.60 Å². The minimum atomic E-state index is -0.449. The summed E-state index contributed by atoms with van der Waals surface area (Å²) in [6.45, 7) is 15.8. The second-order valence-electron chi connectivity index (χ2n) is 9.51. The molecule has 0 saturated heterocycles. The number of carbonyl (C=O) groups excluding carboxylic acids is 1. The summed E-state index contributed by atoms with van der Waals surface area (Å²) in [6.07, 6.45) is 4.63. The molecule has 4 heteroatoms. The first kappa shape index (κ1) is 18.6. The molecule has 23 heavy (non-hydrogen) atoms. The van der Waals surface area contributed by atoms with E-state index in [1.807, 2.05) is 20.8 Å². The molecule has 2 rings (SSSR count). The molecule has 0 aromatic carbocycles. The van der Waals surface area contributed by atoms with E-state index in [0.29, 0.717) is 16.9 Å². The maximum Gasteiger partial charge on any atom is 0.407 e. The highest BCUT2D eigenvalue weighted by atomic mass is 16.6. The summed E-state index contributed by atoms with van der Waals surface area (Å²) < 4.78 is 5.37. The fourth-order valence-electron chi connectivity index (χ4n) is 4.84. The Kier molecular flexibility index (Phi) is 5.06. The summed E-state index contributed by atoms with van der Waals surface area (Å²) in [4.78, 5) is 12.0. The van der Waals surface area contributed by atoms with Gasteiger partial charge in [-0.1, -0.05) is 27.7 Å². The lowest BCUT2D eigenvalue weighted by atomic mass is 9.68. The Morgan fingerprint density at radius 3 is 2.43 bits per heavy atom. The highest BCUT2D eigenvalue weighted by Crippen LogP contribution is 2.62. The lowest BCUT2D eigenvalue weighted by Crippen LogP contribution is -2.54. The van der Waals surface area contributed by atoms with Crippen molar-refractivity contribution >= 4 is 6.09 Å². The van der Waals surface area contributed by atoms with Crippen LogP contribution in [0.25, 0.3) is 0 Å². The van der Waals surface area contributed by atoms with Gasteiger partial charge in [0.25, 0.3) is 0 Å². The molecule has 4 atom stereocenters. The van der Waals surface area contributed by atoms with Crippen LogP contribution in [0.5, 0.6) is 0 Å². The number of ether oxygens (including phenoxy) is 1. The van der Waals surface area contributed by atoms with Crippen molar-refractivity contribution in [3.05, 3.63) is 0 Å². The van der Waals surface area contributed by atoms with E-state index in [-0.39, 0.29) is 12.1 Å². The first-order chi connectivity index (χ1) is 10.5. The minimum absolute atomic E-state index is 0.114. The van der Waals surface area contributed by atoms with Gasteiger partial charge in [-0.2, -0.15) is 0 Å². The fourth-order valence-corrected chi connectivity index (χ4v) is 4.84. The second kappa shape index (κ2) is 6.27. The summed E-state index contributed by atoms with van der Waals surface area (Å²) in [7, 11) is 0. The second-order valence-corrected chi connectivity index (χ2v) is 9.51. The van der Waals surface area contributed by atoms with E-state index in [9.17, 15) is 4.79 Å². The van der Waals surface area contributed by atoms with Gasteiger partial charge in [0.2, 0.25) is 0 Å². The number of rotatable bonds is 5. The third kappa shape index (κ3) is 4.01. The monoisotopic (exact) mass is 324 g/mol. The van der Waals surface area contributed by atoms with Crippen LogP contribution in [0.15, 0.2) is 0 Å². The summed E-state index contributed by atoms with van der Waals surface area (Å²) in [5.74, 6) is 0.837.